The zero-order chi connectivity index (χ0) is 11.8. The number of nitrogens with zero attached hydrogens (tertiary/aromatic N) is 1. The third-order valence-corrected chi connectivity index (χ3v) is 1.91. The molecule has 0 saturated heterocycles. The average Bonchev–Trinajstić information content (AvgIpc) is 2.30. The minimum Gasteiger partial charge on any atom is -0.380 e. The van der Waals surface area contributed by atoms with Crippen LogP contribution < -0.4 is 5.32 Å². The Morgan fingerprint density at radius 3 is 2.75 bits per heavy atom. The van der Waals surface area contributed by atoms with Gasteiger partial charge in [0.2, 0.25) is 0 Å². The molecule has 0 aliphatic carbocycles. The van der Waals surface area contributed by atoms with E-state index in [1.807, 2.05) is 13.0 Å². The summed E-state index contributed by atoms with van der Waals surface area (Å²) in [5.74, 6) is 0. The lowest BCUT2D eigenvalue weighted by Gasteiger charge is -2.15. The SMILES string of the molecule is CCOCCN(O)C(=O)Nc1ccccc1. The molecule has 1 rings (SSSR count). The molecule has 88 valence electrons. The maximum atomic E-state index is 11.4. The molecule has 1 aromatic carbocycles. The Morgan fingerprint density at radius 1 is 1.44 bits per heavy atom. The molecular formula is C11H16N2O3. The van der Waals surface area contributed by atoms with Gasteiger partial charge in [0, 0.05) is 12.3 Å². The number of carbonyl (C=O) groups excluding carboxylic acids is 1. The largest absolute Gasteiger partial charge is 0.380 e. The molecular weight excluding hydrogens is 208 g/mol. The number of anilines is 1. The standard InChI is InChI=1S/C11H16N2O3/c1-2-16-9-8-13(15)11(14)12-10-6-4-3-5-7-10/h3-7,15H,2,8-9H2,1H3,(H,12,14). The number of hydrogen-bond acceptors (Lipinski definition) is 3. The van der Waals surface area contributed by atoms with E-state index < -0.39 is 6.03 Å². The van der Waals surface area contributed by atoms with Gasteiger partial charge in [0.15, 0.2) is 0 Å². The van der Waals surface area contributed by atoms with Gasteiger partial charge < -0.3 is 10.1 Å². The van der Waals surface area contributed by atoms with Crippen molar-refractivity contribution in [2.45, 2.75) is 6.92 Å². The van der Waals surface area contributed by atoms with Gasteiger partial charge in [-0.3, -0.25) is 5.21 Å². The van der Waals surface area contributed by atoms with Crippen LogP contribution in [0.5, 0.6) is 0 Å². The highest BCUT2D eigenvalue weighted by Crippen LogP contribution is 2.05. The lowest BCUT2D eigenvalue weighted by molar-refractivity contribution is -0.0536. The lowest BCUT2D eigenvalue weighted by atomic mass is 10.3. The minimum absolute atomic E-state index is 0.145. The fourth-order valence-corrected chi connectivity index (χ4v) is 1.11. The van der Waals surface area contributed by atoms with Gasteiger partial charge in [-0.25, -0.2) is 9.86 Å². The van der Waals surface area contributed by atoms with E-state index in [4.69, 9.17) is 4.74 Å². The highest BCUT2D eigenvalue weighted by molar-refractivity contribution is 5.88. The van der Waals surface area contributed by atoms with Crippen molar-refractivity contribution in [1.29, 1.82) is 0 Å². The molecule has 0 saturated carbocycles. The molecule has 2 amide bonds. The van der Waals surface area contributed by atoms with Crippen LogP contribution in [0.1, 0.15) is 6.92 Å². The summed E-state index contributed by atoms with van der Waals surface area (Å²) in [6.07, 6.45) is 0. The number of ether oxygens (including phenoxy) is 1. The van der Waals surface area contributed by atoms with E-state index in [9.17, 15) is 10.0 Å². The first-order chi connectivity index (χ1) is 7.74. The van der Waals surface area contributed by atoms with Gasteiger partial charge in [-0.2, -0.15) is 0 Å². The molecule has 0 aliphatic rings. The topological polar surface area (TPSA) is 61.8 Å². The quantitative estimate of drug-likeness (QED) is 0.456. The summed E-state index contributed by atoms with van der Waals surface area (Å²) < 4.78 is 5.02. The second-order valence-electron chi connectivity index (χ2n) is 3.12. The molecule has 5 nitrogen and oxygen atoms in total. The summed E-state index contributed by atoms with van der Waals surface area (Å²) in [4.78, 5) is 11.4. The van der Waals surface area contributed by atoms with Gasteiger partial charge in [0.25, 0.3) is 0 Å². The maximum Gasteiger partial charge on any atom is 0.345 e. The lowest BCUT2D eigenvalue weighted by Crippen LogP contribution is -2.34. The molecule has 0 fully saturated rings. The molecule has 16 heavy (non-hydrogen) atoms. The van der Waals surface area contributed by atoms with Crippen molar-refractivity contribution in [3.63, 3.8) is 0 Å². The van der Waals surface area contributed by atoms with Gasteiger partial charge in [0.1, 0.15) is 0 Å². The highest BCUT2D eigenvalue weighted by atomic mass is 16.5. The van der Waals surface area contributed by atoms with Crippen molar-refractivity contribution in [3.8, 4) is 0 Å². The Kier molecular flexibility index (Phi) is 5.31. The molecule has 2 N–H and O–H groups in total. The summed E-state index contributed by atoms with van der Waals surface area (Å²) in [6, 6.07) is 8.38. The number of hydrogen-bond donors (Lipinski definition) is 2. The molecule has 1 aromatic rings. The van der Waals surface area contributed by atoms with Crippen LogP contribution in [-0.2, 0) is 4.74 Å². The summed E-state index contributed by atoms with van der Waals surface area (Å²) in [5.41, 5.74) is 0.642. The van der Waals surface area contributed by atoms with Gasteiger partial charge in [0.05, 0.1) is 13.2 Å². The molecule has 0 bridgehead atoms. The Hall–Kier alpha value is -1.59. The first kappa shape index (κ1) is 12.5. The smallest absolute Gasteiger partial charge is 0.345 e. The van der Waals surface area contributed by atoms with E-state index in [0.29, 0.717) is 24.0 Å². The van der Waals surface area contributed by atoms with Crippen LogP contribution in [0.25, 0.3) is 0 Å². The molecule has 0 atom stereocenters. The van der Waals surface area contributed by atoms with Crippen LogP contribution in [0.3, 0.4) is 0 Å². The molecule has 0 heterocycles. The Bertz CT molecular complexity index is 316. The molecule has 0 radical (unpaired) electrons. The fourth-order valence-electron chi connectivity index (χ4n) is 1.11. The highest BCUT2D eigenvalue weighted by Gasteiger charge is 2.09. The fraction of sp³-hybridized carbons (Fsp3) is 0.364. The van der Waals surface area contributed by atoms with E-state index in [2.05, 4.69) is 5.32 Å². The first-order valence-corrected chi connectivity index (χ1v) is 5.14. The summed E-state index contributed by atoms with van der Waals surface area (Å²) in [5, 5.41) is 12.5. The van der Waals surface area contributed by atoms with Crippen molar-refractivity contribution in [2.75, 3.05) is 25.1 Å². The number of para-hydroxylation sites is 1. The van der Waals surface area contributed by atoms with Crippen molar-refractivity contribution in [1.82, 2.24) is 5.06 Å². The molecule has 0 aliphatic heterocycles. The average molecular weight is 224 g/mol. The van der Waals surface area contributed by atoms with E-state index in [0.717, 1.165) is 0 Å². The van der Waals surface area contributed by atoms with E-state index >= 15 is 0 Å². The van der Waals surface area contributed by atoms with Crippen LogP contribution >= 0.6 is 0 Å². The van der Waals surface area contributed by atoms with E-state index in [1.54, 1.807) is 24.3 Å². The number of urea groups is 1. The zero-order valence-corrected chi connectivity index (χ0v) is 9.22. The normalized spacial score (nSPS) is 9.88. The van der Waals surface area contributed by atoms with Gasteiger partial charge >= 0.3 is 6.03 Å². The summed E-state index contributed by atoms with van der Waals surface area (Å²) >= 11 is 0. The van der Waals surface area contributed by atoms with Crippen LogP contribution in [-0.4, -0.2) is 36.1 Å². The molecule has 0 unspecified atom stereocenters. The van der Waals surface area contributed by atoms with Crippen molar-refractivity contribution >= 4 is 11.7 Å². The Labute approximate surface area is 94.6 Å². The van der Waals surface area contributed by atoms with Crippen LogP contribution in [0, 0.1) is 0 Å². The predicted molar refractivity (Wildman–Crippen MR) is 60.4 cm³/mol. The zero-order valence-electron chi connectivity index (χ0n) is 9.22. The van der Waals surface area contributed by atoms with Gasteiger partial charge in [-0.1, -0.05) is 18.2 Å². The van der Waals surface area contributed by atoms with E-state index in [1.165, 1.54) is 0 Å². The van der Waals surface area contributed by atoms with Crippen molar-refractivity contribution in [2.24, 2.45) is 0 Å². The van der Waals surface area contributed by atoms with Gasteiger partial charge in [-0.05, 0) is 19.1 Å². The third kappa shape index (κ3) is 4.29. The molecule has 0 spiro atoms. The number of amides is 2. The number of hydroxylamine groups is 2. The second-order valence-corrected chi connectivity index (χ2v) is 3.12. The Morgan fingerprint density at radius 2 is 2.12 bits per heavy atom. The monoisotopic (exact) mass is 224 g/mol. The second kappa shape index (κ2) is 6.81. The Balaban J connectivity index is 2.34. The van der Waals surface area contributed by atoms with Crippen molar-refractivity contribution < 1.29 is 14.7 Å². The number of carbonyl (C=O) groups is 1. The maximum absolute atomic E-state index is 11.4. The molecule has 0 aromatic heterocycles. The number of rotatable bonds is 5. The van der Waals surface area contributed by atoms with Crippen LogP contribution in [0.15, 0.2) is 30.3 Å². The number of nitrogens with one attached hydrogen (secondary N) is 1. The van der Waals surface area contributed by atoms with Crippen LogP contribution in [0.4, 0.5) is 10.5 Å². The predicted octanol–water partition coefficient (Wildman–Crippen LogP) is 1.95. The minimum atomic E-state index is -0.564. The first-order valence-electron chi connectivity index (χ1n) is 5.14. The van der Waals surface area contributed by atoms with E-state index in [-0.39, 0.29) is 6.54 Å². The van der Waals surface area contributed by atoms with Crippen LogP contribution in [0.2, 0.25) is 0 Å². The summed E-state index contributed by atoms with van der Waals surface area (Å²) in [7, 11) is 0. The molecule has 5 heteroatoms. The number of benzene rings is 1. The third-order valence-electron chi connectivity index (χ3n) is 1.91. The summed E-state index contributed by atoms with van der Waals surface area (Å²) in [6.45, 7) is 2.88. The van der Waals surface area contributed by atoms with Crippen molar-refractivity contribution in [3.05, 3.63) is 30.3 Å². The van der Waals surface area contributed by atoms with Gasteiger partial charge in [-0.15, -0.1) is 0 Å².